The van der Waals surface area contributed by atoms with Gasteiger partial charge in [-0.1, -0.05) is 0 Å². The molecule has 1 aromatic heterocycles. The second kappa shape index (κ2) is 6.48. The van der Waals surface area contributed by atoms with Crippen molar-refractivity contribution in [2.24, 2.45) is 0 Å². The monoisotopic (exact) mass is 286 g/mol. The lowest BCUT2D eigenvalue weighted by Gasteiger charge is -2.14. The third-order valence-electron chi connectivity index (χ3n) is 2.37. The van der Waals surface area contributed by atoms with Crippen molar-refractivity contribution in [1.29, 1.82) is 0 Å². The van der Waals surface area contributed by atoms with Crippen molar-refractivity contribution in [2.75, 3.05) is 18.9 Å². The van der Waals surface area contributed by atoms with Crippen LogP contribution in [0.3, 0.4) is 0 Å². The number of carbonyl (C=O) groups is 1. The van der Waals surface area contributed by atoms with Crippen LogP contribution in [0.1, 0.15) is 13.8 Å². The highest BCUT2D eigenvalue weighted by Gasteiger charge is 2.24. The number of sulfonamides is 1. The number of rotatable bonds is 6. The van der Waals surface area contributed by atoms with Gasteiger partial charge in [0.05, 0.1) is 11.7 Å². The van der Waals surface area contributed by atoms with E-state index in [0.717, 1.165) is 0 Å². The van der Waals surface area contributed by atoms with Crippen LogP contribution in [-0.4, -0.2) is 38.9 Å². The van der Waals surface area contributed by atoms with Gasteiger partial charge in [0.2, 0.25) is 5.91 Å². The van der Waals surface area contributed by atoms with Crippen molar-refractivity contribution in [1.82, 2.24) is 15.0 Å². The number of aromatic nitrogens is 1. The molecule has 0 saturated heterocycles. The minimum Gasteiger partial charge on any atom is -0.386 e. The predicted molar refractivity (Wildman–Crippen MR) is 72.3 cm³/mol. The first kappa shape index (κ1) is 15.4. The number of carbonyl (C=O) groups excluding carboxylic acids is 1. The van der Waals surface area contributed by atoms with Gasteiger partial charge in [0, 0.05) is 19.8 Å². The quantitative estimate of drug-likeness (QED) is 0.679. The van der Waals surface area contributed by atoms with E-state index in [1.807, 2.05) is 0 Å². The Balaban J connectivity index is 2.96. The molecule has 1 amide bonds. The Labute approximate surface area is 112 Å². The first-order valence-corrected chi connectivity index (χ1v) is 7.33. The van der Waals surface area contributed by atoms with Gasteiger partial charge in [0.25, 0.3) is 10.0 Å². The fraction of sp³-hybridized carbons (Fsp3) is 0.455. The van der Waals surface area contributed by atoms with Gasteiger partial charge in [0.15, 0.2) is 5.03 Å². The zero-order chi connectivity index (χ0) is 14.5. The molecule has 1 heterocycles. The predicted octanol–water partition coefficient (Wildman–Crippen LogP) is -0.0738. The lowest BCUT2D eigenvalue weighted by atomic mass is 10.3. The summed E-state index contributed by atoms with van der Waals surface area (Å²) in [5.74, 6) is -0.381. The summed E-state index contributed by atoms with van der Waals surface area (Å²) in [5.41, 5.74) is 0.373. The molecule has 106 valence electrons. The molecule has 0 spiro atoms. The van der Waals surface area contributed by atoms with Gasteiger partial charge in [-0.05, 0) is 26.0 Å². The van der Waals surface area contributed by atoms with Crippen molar-refractivity contribution in [3.05, 3.63) is 18.3 Å². The van der Waals surface area contributed by atoms with Crippen LogP contribution in [0, 0.1) is 0 Å². The molecule has 0 aliphatic heterocycles. The van der Waals surface area contributed by atoms with Crippen LogP contribution >= 0.6 is 0 Å². The minimum absolute atomic E-state index is 0.131. The van der Waals surface area contributed by atoms with Crippen molar-refractivity contribution in [3.8, 4) is 0 Å². The summed E-state index contributed by atoms with van der Waals surface area (Å²) in [7, 11) is -2.25. The number of likely N-dealkylation sites (N-methyl/N-ethyl adjacent to an activating group) is 1. The maximum atomic E-state index is 12.1. The Kier molecular flexibility index (Phi) is 5.25. The van der Waals surface area contributed by atoms with E-state index in [4.69, 9.17) is 0 Å². The van der Waals surface area contributed by atoms with Crippen molar-refractivity contribution in [2.45, 2.75) is 24.9 Å². The molecule has 8 heteroatoms. The molecule has 0 bridgehead atoms. The maximum absolute atomic E-state index is 12.1. The summed E-state index contributed by atoms with van der Waals surface area (Å²) in [5, 5.41) is 5.16. The Morgan fingerprint density at radius 2 is 2.16 bits per heavy atom. The topological polar surface area (TPSA) is 100 Å². The third-order valence-corrected chi connectivity index (χ3v) is 3.87. The number of pyridine rings is 1. The summed E-state index contributed by atoms with van der Waals surface area (Å²) in [6.45, 7) is 3.68. The fourth-order valence-electron chi connectivity index (χ4n) is 1.46. The highest BCUT2D eigenvalue weighted by atomic mass is 32.2. The van der Waals surface area contributed by atoms with Gasteiger partial charge < -0.3 is 10.6 Å². The summed E-state index contributed by atoms with van der Waals surface area (Å²) < 4.78 is 26.6. The molecule has 0 aliphatic carbocycles. The zero-order valence-electron chi connectivity index (χ0n) is 11.1. The van der Waals surface area contributed by atoms with E-state index in [0.29, 0.717) is 12.2 Å². The summed E-state index contributed by atoms with van der Waals surface area (Å²) >= 11 is 0. The zero-order valence-corrected chi connectivity index (χ0v) is 11.9. The van der Waals surface area contributed by atoms with Gasteiger partial charge in [-0.25, -0.2) is 13.4 Å². The van der Waals surface area contributed by atoms with E-state index in [2.05, 4.69) is 20.3 Å². The SMILES string of the molecule is CCNC(=O)C(C)NS(=O)(=O)c1ncccc1NC. The number of hydrogen-bond donors (Lipinski definition) is 3. The molecule has 0 fully saturated rings. The largest absolute Gasteiger partial charge is 0.386 e. The van der Waals surface area contributed by atoms with Crippen molar-refractivity contribution >= 4 is 21.6 Å². The molecule has 0 aliphatic rings. The molecule has 1 atom stereocenters. The standard InChI is InChI=1S/C11H18N4O3S/c1-4-13-10(16)8(2)15-19(17,18)11-9(12-3)6-5-7-14-11/h5-8,12,15H,4H2,1-3H3,(H,13,16). The lowest BCUT2D eigenvalue weighted by molar-refractivity contribution is -0.122. The molecular weight excluding hydrogens is 268 g/mol. The van der Waals surface area contributed by atoms with Crippen molar-refractivity contribution in [3.63, 3.8) is 0 Å². The first-order valence-electron chi connectivity index (χ1n) is 5.85. The molecule has 3 N–H and O–H groups in total. The first-order chi connectivity index (χ1) is 8.92. The summed E-state index contributed by atoms with van der Waals surface area (Å²) in [4.78, 5) is 15.4. The number of hydrogen-bond acceptors (Lipinski definition) is 5. The molecular formula is C11H18N4O3S. The molecule has 1 unspecified atom stereocenters. The minimum atomic E-state index is -3.85. The van der Waals surface area contributed by atoms with Crippen LogP contribution < -0.4 is 15.4 Å². The highest BCUT2D eigenvalue weighted by Crippen LogP contribution is 2.17. The average molecular weight is 286 g/mol. The van der Waals surface area contributed by atoms with Gasteiger partial charge >= 0.3 is 0 Å². The van der Waals surface area contributed by atoms with E-state index >= 15 is 0 Å². The van der Waals surface area contributed by atoms with E-state index in [1.165, 1.54) is 13.1 Å². The molecule has 0 saturated carbocycles. The average Bonchev–Trinajstić information content (AvgIpc) is 2.38. The molecule has 0 aromatic carbocycles. The van der Waals surface area contributed by atoms with Crippen LogP contribution in [0.4, 0.5) is 5.69 Å². The molecule has 1 rings (SSSR count). The van der Waals surface area contributed by atoms with Crippen molar-refractivity contribution < 1.29 is 13.2 Å². The second-order valence-electron chi connectivity index (χ2n) is 3.84. The Hall–Kier alpha value is -1.67. The maximum Gasteiger partial charge on any atom is 0.260 e. The van der Waals surface area contributed by atoms with Crippen LogP contribution in [0.25, 0.3) is 0 Å². The molecule has 7 nitrogen and oxygen atoms in total. The Bertz CT molecular complexity index is 545. The van der Waals surface area contributed by atoms with E-state index in [1.54, 1.807) is 26.1 Å². The number of amides is 1. The fourth-order valence-corrected chi connectivity index (χ4v) is 2.81. The number of nitrogens with one attached hydrogen (secondary N) is 3. The number of nitrogens with zero attached hydrogens (tertiary/aromatic N) is 1. The Morgan fingerprint density at radius 3 is 2.74 bits per heavy atom. The smallest absolute Gasteiger partial charge is 0.260 e. The molecule has 0 radical (unpaired) electrons. The van der Waals surface area contributed by atoms with Gasteiger partial charge in [-0.3, -0.25) is 4.79 Å². The normalized spacial score (nSPS) is 12.8. The van der Waals surface area contributed by atoms with Crippen LogP contribution in [0.5, 0.6) is 0 Å². The Morgan fingerprint density at radius 1 is 1.47 bits per heavy atom. The summed E-state index contributed by atoms with van der Waals surface area (Å²) in [6.07, 6.45) is 1.38. The van der Waals surface area contributed by atoms with E-state index in [-0.39, 0.29) is 10.9 Å². The third kappa shape index (κ3) is 3.90. The van der Waals surface area contributed by atoms with Crippen LogP contribution in [0.15, 0.2) is 23.4 Å². The second-order valence-corrected chi connectivity index (χ2v) is 5.47. The van der Waals surface area contributed by atoms with Gasteiger partial charge in [-0.15, -0.1) is 0 Å². The van der Waals surface area contributed by atoms with E-state index < -0.39 is 16.1 Å². The summed E-state index contributed by atoms with van der Waals surface area (Å²) in [6, 6.07) is 2.35. The lowest BCUT2D eigenvalue weighted by Crippen LogP contribution is -2.44. The van der Waals surface area contributed by atoms with Crippen LogP contribution in [0.2, 0.25) is 0 Å². The van der Waals surface area contributed by atoms with Crippen LogP contribution in [-0.2, 0) is 14.8 Å². The molecule has 1 aromatic rings. The number of anilines is 1. The highest BCUT2D eigenvalue weighted by molar-refractivity contribution is 7.89. The van der Waals surface area contributed by atoms with E-state index in [9.17, 15) is 13.2 Å². The van der Waals surface area contributed by atoms with Gasteiger partial charge in [0.1, 0.15) is 0 Å². The van der Waals surface area contributed by atoms with Gasteiger partial charge in [-0.2, -0.15) is 4.72 Å². The molecule has 19 heavy (non-hydrogen) atoms.